The number of nitrogens with zero attached hydrogens (tertiary/aromatic N) is 2. The van der Waals surface area contributed by atoms with Crippen molar-refractivity contribution in [3.63, 3.8) is 0 Å². The summed E-state index contributed by atoms with van der Waals surface area (Å²) in [5.41, 5.74) is 6.08. The zero-order valence-corrected chi connectivity index (χ0v) is 24.7. The summed E-state index contributed by atoms with van der Waals surface area (Å²) in [6.45, 7) is 5.18. The number of halogens is 1. The monoisotopic (exact) mass is 625 g/mol. The van der Waals surface area contributed by atoms with E-state index in [1.54, 1.807) is 18.2 Å². The van der Waals surface area contributed by atoms with E-state index in [9.17, 15) is 24.0 Å². The summed E-state index contributed by atoms with van der Waals surface area (Å²) in [5.74, 6) is -3.61. The van der Waals surface area contributed by atoms with Gasteiger partial charge in [-0.2, -0.15) is 0 Å². The van der Waals surface area contributed by atoms with Crippen LogP contribution in [0.15, 0.2) is 33.8 Å². The Morgan fingerprint density at radius 1 is 0.929 bits per heavy atom. The molecule has 3 rings (SSSR count). The third-order valence-corrected chi connectivity index (χ3v) is 6.14. The molecule has 0 saturated carbocycles. The maximum atomic E-state index is 12.6. The fraction of sp³-hybridized carbons (Fsp3) is 0.423. The summed E-state index contributed by atoms with van der Waals surface area (Å²) >= 11 is 11.3. The number of esters is 4. The van der Waals surface area contributed by atoms with Crippen molar-refractivity contribution < 1.29 is 52.1 Å². The molecule has 2 aromatic rings. The first-order valence-electron chi connectivity index (χ1n) is 12.4. The molecule has 0 amide bonds. The summed E-state index contributed by atoms with van der Waals surface area (Å²) < 4.78 is 33.3. The number of rotatable bonds is 8. The molecule has 16 heteroatoms. The van der Waals surface area contributed by atoms with Crippen molar-refractivity contribution in [1.82, 2.24) is 5.01 Å². The van der Waals surface area contributed by atoms with Crippen LogP contribution in [-0.4, -0.2) is 77.0 Å². The normalized spacial score (nSPS) is 22.1. The number of nitrogens with two attached hydrogens (primary N) is 1. The van der Waals surface area contributed by atoms with Gasteiger partial charge in [-0.1, -0.05) is 11.6 Å². The van der Waals surface area contributed by atoms with E-state index in [-0.39, 0.29) is 11.1 Å². The summed E-state index contributed by atoms with van der Waals surface area (Å²) in [6.07, 6.45) is -7.35. The Labute approximate surface area is 249 Å². The lowest BCUT2D eigenvalue weighted by Crippen LogP contribution is -2.66. The van der Waals surface area contributed by atoms with E-state index in [1.165, 1.54) is 13.0 Å². The van der Waals surface area contributed by atoms with Crippen LogP contribution in [0.3, 0.4) is 0 Å². The smallest absolute Gasteiger partial charge is 0.303 e. The van der Waals surface area contributed by atoms with E-state index < -0.39 is 72.0 Å². The topological polar surface area (TPSA) is 186 Å². The second-order valence-electron chi connectivity index (χ2n) is 9.08. The van der Waals surface area contributed by atoms with Gasteiger partial charge in [-0.3, -0.25) is 24.0 Å². The van der Waals surface area contributed by atoms with Gasteiger partial charge in [0.1, 0.15) is 18.3 Å². The van der Waals surface area contributed by atoms with Crippen LogP contribution >= 0.6 is 23.8 Å². The first-order valence-corrected chi connectivity index (χ1v) is 13.1. The van der Waals surface area contributed by atoms with Crippen LogP contribution in [0.5, 0.6) is 0 Å². The molecule has 1 fully saturated rings. The quantitative estimate of drug-likeness (QED) is 0.147. The molecule has 0 aliphatic carbocycles. The van der Waals surface area contributed by atoms with Crippen LogP contribution < -0.4 is 11.3 Å². The number of Topliss-reactive ketones (excluding diaryl/α,β-unsaturated/α-hetero) is 1. The Morgan fingerprint density at radius 2 is 1.52 bits per heavy atom. The zero-order valence-electron chi connectivity index (χ0n) is 23.2. The van der Waals surface area contributed by atoms with E-state index in [0.29, 0.717) is 16.0 Å². The second-order valence-corrected chi connectivity index (χ2v) is 9.93. The first-order chi connectivity index (χ1) is 19.7. The minimum atomic E-state index is -1.57. The molecular formula is C26H28ClN3O11S. The van der Waals surface area contributed by atoms with E-state index in [2.05, 4.69) is 5.10 Å². The fourth-order valence-electron chi connectivity index (χ4n) is 4.16. The van der Waals surface area contributed by atoms with Crippen molar-refractivity contribution in [2.45, 2.75) is 65.3 Å². The van der Waals surface area contributed by atoms with Crippen LogP contribution in [0.4, 0.5) is 0 Å². The van der Waals surface area contributed by atoms with Crippen LogP contribution in [0.2, 0.25) is 5.02 Å². The van der Waals surface area contributed by atoms with Crippen molar-refractivity contribution >= 4 is 69.6 Å². The summed E-state index contributed by atoms with van der Waals surface area (Å²) in [7, 11) is 0. The van der Waals surface area contributed by atoms with Crippen LogP contribution in [0.25, 0.3) is 11.0 Å². The summed E-state index contributed by atoms with van der Waals surface area (Å²) in [4.78, 5) is 60.5. The molecule has 0 unspecified atom stereocenters. The van der Waals surface area contributed by atoms with Gasteiger partial charge in [0.2, 0.25) is 5.55 Å². The first kappa shape index (κ1) is 32.4. The van der Waals surface area contributed by atoms with E-state index in [1.807, 2.05) is 0 Å². The number of benzene rings is 1. The minimum absolute atomic E-state index is 0.0108. The highest BCUT2D eigenvalue weighted by Gasteiger charge is 2.54. The Kier molecular flexibility index (Phi) is 10.6. The van der Waals surface area contributed by atoms with E-state index >= 15 is 0 Å². The van der Waals surface area contributed by atoms with Gasteiger partial charge in [0.25, 0.3) is 0 Å². The molecule has 2 heterocycles. The molecule has 1 aliphatic rings. The third kappa shape index (κ3) is 8.02. The van der Waals surface area contributed by atoms with Crippen molar-refractivity contribution in [3.05, 3.63) is 40.4 Å². The molecule has 1 aromatic carbocycles. The lowest BCUT2D eigenvalue weighted by Gasteiger charge is -2.46. The van der Waals surface area contributed by atoms with Crippen LogP contribution in [0.1, 0.15) is 45.0 Å². The Hall–Kier alpha value is -4.08. The molecular weight excluding hydrogens is 598 g/mol. The fourth-order valence-corrected chi connectivity index (χ4v) is 4.49. The SMILES string of the molecule is CC(=O)OC[C@H]1O[C@@H](N(N=c2oc3ccc(Cl)cc3cc2C(C)=O)C(N)=S)[C@H](OC(C)=O)[C@@H](OC(C)=O)[C@H]1OC(C)=O. The van der Waals surface area contributed by atoms with Gasteiger partial charge in [0.05, 0.1) is 5.56 Å². The van der Waals surface area contributed by atoms with Crippen molar-refractivity contribution in [1.29, 1.82) is 0 Å². The molecule has 5 atom stereocenters. The lowest BCUT2D eigenvalue weighted by molar-refractivity contribution is -0.271. The van der Waals surface area contributed by atoms with Gasteiger partial charge in [0.15, 0.2) is 35.4 Å². The molecule has 0 spiro atoms. The standard InChI is InChI=1S/C26H28ClN3O11S/c1-11(31)18-9-16-8-17(27)6-7-19(16)40-24(18)29-30(26(28)42)25-23(39-15(5)35)22(38-14(4)34)21(37-13(3)33)20(41-25)10-36-12(2)32/h6-9,20-23,25H,10H2,1-5H3,(H2,28,42)/t20-,21+,22+,23-,25-/m1/s1. The molecule has 1 aromatic heterocycles. The van der Waals surface area contributed by atoms with E-state index in [4.69, 9.17) is 57.7 Å². The Morgan fingerprint density at radius 3 is 2.07 bits per heavy atom. The summed E-state index contributed by atoms with van der Waals surface area (Å²) in [6, 6.07) is 6.20. The average molecular weight is 626 g/mol. The van der Waals surface area contributed by atoms with Crippen LogP contribution in [0, 0.1) is 0 Å². The van der Waals surface area contributed by atoms with Crippen LogP contribution in [-0.2, 0) is 42.9 Å². The number of hydrogen-bond acceptors (Lipinski definition) is 13. The molecule has 2 N–H and O–H groups in total. The number of carbonyl (C=O) groups is 5. The molecule has 1 saturated heterocycles. The molecule has 42 heavy (non-hydrogen) atoms. The molecule has 226 valence electrons. The van der Waals surface area contributed by atoms with Gasteiger partial charge in [-0.15, -0.1) is 5.10 Å². The number of fused-ring (bicyclic) bond motifs is 1. The Bertz CT molecular complexity index is 1490. The van der Waals surface area contributed by atoms with Crippen molar-refractivity contribution in [3.8, 4) is 0 Å². The predicted molar refractivity (Wildman–Crippen MR) is 147 cm³/mol. The maximum absolute atomic E-state index is 12.6. The molecule has 1 aliphatic heterocycles. The zero-order chi connectivity index (χ0) is 31.3. The number of ether oxygens (including phenoxy) is 5. The van der Waals surface area contributed by atoms with Gasteiger partial charge in [-0.05, 0) is 43.4 Å². The highest BCUT2D eigenvalue weighted by molar-refractivity contribution is 7.80. The highest BCUT2D eigenvalue weighted by Crippen LogP contribution is 2.31. The van der Waals surface area contributed by atoms with Crippen molar-refractivity contribution in [2.75, 3.05) is 6.61 Å². The van der Waals surface area contributed by atoms with Gasteiger partial charge >= 0.3 is 23.9 Å². The van der Waals surface area contributed by atoms with Gasteiger partial charge < -0.3 is 33.8 Å². The Balaban J connectivity index is 2.26. The average Bonchev–Trinajstić information content (AvgIpc) is 2.87. The number of ketones is 1. The second kappa shape index (κ2) is 13.7. The maximum Gasteiger partial charge on any atom is 0.303 e. The number of hydrogen-bond donors (Lipinski definition) is 1. The van der Waals surface area contributed by atoms with Gasteiger partial charge in [-0.25, -0.2) is 5.01 Å². The van der Waals surface area contributed by atoms with Gasteiger partial charge in [0, 0.05) is 38.1 Å². The van der Waals surface area contributed by atoms with E-state index in [0.717, 1.165) is 32.7 Å². The predicted octanol–water partition coefficient (Wildman–Crippen LogP) is 1.73. The minimum Gasteiger partial charge on any atom is -0.463 e. The largest absolute Gasteiger partial charge is 0.463 e. The highest BCUT2D eigenvalue weighted by atomic mass is 35.5. The third-order valence-electron chi connectivity index (χ3n) is 5.72. The molecule has 0 bridgehead atoms. The molecule has 0 radical (unpaired) electrons. The number of thiocarbonyl (C=S) groups is 1. The lowest BCUT2D eigenvalue weighted by atomic mass is 9.97. The number of carbonyl (C=O) groups excluding carboxylic acids is 5. The summed E-state index contributed by atoms with van der Waals surface area (Å²) in [5, 5.41) is 5.66. The molecule has 14 nitrogen and oxygen atoms in total. The van der Waals surface area contributed by atoms with Crippen molar-refractivity contribution in [2.24, 2.45) is 10.8 Å².